The summed E-state index contributed by atoms with van der Waals surface area (Å²) in [5.74, 6) is -4.11. The fourth-order valence-electron chi connectivity index (χ4n) is 3.92. The molecule has 0 saturated carbocycles. The van der Waals surface area contributed by atoms with Crippen molar-refractivity contribution in [1.29, 1.82) is 0 Å². The first-order valence-corrected chi connectivity index (χ1v) is 13.8. The van der Waals surface area contributed by atoms with Gasteiger partial charge in [-0.1, -0.05) is 41.9 Å². The average molecular weight is 685 g/mol. The Hall–Kier alpha value is -4.00. The lowest BCUT2D eigenvalue weighted by Gasteiger charge is -2.33. The zero-order valence-corrected chi connectivity index (χ0v) is 24.7. The van der Waals surface area contributed by atoms with E-state index < -0.39 is 30.4 Å². The molecule has 254 valence electrons. The standard InChI is InChI=1S/C23H29ClN6O2.2C2HF3O2/c24-19-7-5-17(6-8-19)15-30-11-9-20(10-12-30)25-14-21(31)16-32-22-4-2-1-3-18(22)13-23-26-28-29-27-23;2*3-2(4,5)1(6)7/h1-8,20-21,25,31H,9-16H2,(H,26,27,28,29);2*(H,6,7)/t21-;;/m0../s1. The van der Waals surface area contributed by atoms with Gasteiger partial charge in [-0.15, -0.1) is 5.10 Å². The maximum Gasteiger partial charge on any atom is 0.490 e. The number of ether oxygens (including phenoxy) is 1. The number of carbonyl (C=O) groups is 2. The van der Waals surface area contributed by atoms with Gasteiger partial charge in [0.15, 0.2) is 5.82 Å². The summed E-state index contributed by atoms with van der Waals surface area (Å²) in [6.45, 7) is 3.77. The molecule has 1 aromatic heterocycles. The number of hydrogen-bond donors (Lipinski definition) is 5. The molecule has 3 aromatic rings. The van der Waals surface area contributed by atoms with Crippen molar-refractivity contribution in [2.45, 2.75) is 50.3 Å². The number of benzene rings is 2. The Morgan fingerprint density at radius 3 is 2.09 bits per heavy atom. The van der Waals surface area contributed by atoms with E-state index in [4.69, 9.17) is 36.1 Å². The predicted molar refractivity (Wildman–Crippen MR) is 150 cm³/mol. The lowest BCUT2D eigenvalue weighted by atomic mass is 10.0. The number of aliphatic hydroxyl groups is 1. The fourth-order valence-corrected chi connectivity index (χ4v) is 4.04. The van der Waals surface area contributed by atoms with Gasteiger partial charge in [-0.2, -0.15) is 26.3 Å². The lowest BCUT2D eigenvalue weighted by Crippen LogP contribution is -2.45. The Balaban J connectivity index is 0.000000440. The van der Waals surface area contributed by atoms with E-state index in [1.807, 2.05) is 36.4 Å². The van der Waals surface area contributed by atoms with Crippen molar-refractivity contribution in [3.05, 3.63) is 70.5 Å². The van der Waals surface area contributed by atoms with Crippen LogP contribution in [-0.2, 0) is 22.6 Å². The number of carboxylic acids is 2. The molecule has 1 aliphatic rings. The van der Waals surface area contributed by atoms with Crippen LogP contribution in [0.15, 0.2) is 48.5 Å². The van der Waals surface area contributed by atoms with Gasteiger partial charge in [-0.25, -0.2) is 14.7 Å². The van der Waals surface area contributed by atoms with Crippen molar-refractivity contribution in [2.75, 3.05) is 26.2 Å². The molecule has 1 fully saturated rings. The number of alkyl halides is 6. The first-order valence-electron chi connectivity index (χ1n) is 13.5. The molecule has 5 N–H and O–H groups in total. The summed E-state index contributed by atoms with van der Waals surface area (Å²) in [6, 6.07) is 16.2. The smallest absolute Gasteiger partial charge is 0.490 e. The zero-order chi connectivity index (χ0) is 34.3. The van der Waals surface area contributed by atoms with Crippen molar-refractivity contribution in [3.63, 3.8) is 0 Å². The van der Waals surface area contributed by atoms with Crippen LogP contribution in [0.5, 0.6) is 5.75 Å². The highest BCUT2D eigenvalue weighted by molar-refractivity contribution is 6.30. The van der Waals surface area contributed by atoms with Crippen LogP contribution in [0.25, 0.3) is 0 Å². The number of H-pyrrole nitrogens is 1. The monoisotopic (exact) mass is 684 g/mol. The number of tetrazole rings is 1. The Morgan fingerprint density at radius 2 is 1.57 bits per heavy atom. The molecule has 19 heteroatoms. The predicted octanol–water partition coefficient (Wildman–Crippen LogP) is 3.70. The minimum absolute atomic E-state index is 0.230. The first kappa shape index (κ1) is 38.2. The molecule has 2 aromatic carbocycles. The molecular formula is C27H31ClF6N6O6. The topological polar surface area (TPSA) is 174 Å². The maximum absolute atomic E-state index is 10.6. The van der Waals surface area contributed by atoms with E-state index in [0.29, 0.717) is 24.8 Å². The number of aliphatic carboxylic acids is 2. The Labute approximate surface area is 263 Å². The summed E-state index contributed by atoms with van der Waals surface area (Å²) in [4.78, 5) is 20.3. The Kier molecular flexibility index (Phi) is 15.1. The summed E-state index contributed by atoms with van der Waals surface area (Å²) < 4.78 is 69.4. The number of nitrogens with zero attached hydrogens (tertiary/aromatic N) is 4. The minimum Gasteiger partial charge on any atom is -0.491 e. The number of halogens is 7. The third-order valence-electron chi connectivity index (χ3n) is 6.19. The molecule has 1 aliphatic heterocycles. The molecule has 1 atom stereocenters. The largest absolute Gasteiger partial charge is 0.491 e. The van der Waals surface area contributed by atoms with Crippen molar-refractivity contribution in [3.8, 4) is 5.75 Å². The number of hydrogen-bond acceptors (Lipinski definition) is 9. The van der Waals surface area contributed by atoms with Crippen LogP contribution in [-0.4, -0.2) is 104 Å². The highest BCUT2D eigenvalue weighted by Crippen LogP contribution is 2.21. The molecule has 2 heterocycles. The van der Waals surface area contributed by atoms with Gasteiger partial charge in [0.1, 0.15) is 18.5 Å². The number of aliphatic hydroxyl groups excluding tert-OH is 1. The number of para-hydroxylation sites is 1. The van der Waals surface area contributed by atoms with Crippen LogP contribution in [0, 0.1) is 0 Å². The highest BCUT2D eigenvalue weighted by Gasteiger charge is 2.38. The molecule has 0 unspecified atom stereocenters. The molecule has 0 amide bonds. The number of nitrogens with one attached hydrogen (secondary N) is 2. The zero-order valence-electron chi connectivity index (χ0n) is 23.9. The van der Waals surface area contributed by atoms with E-state index in [-0.39, 0.29) is 6.61 Å². The van der Waals surface area contributed by atoms with Crippen LogP contribution in [0.1, 0.15) is 29.8 Å². The van der Waals surface area contributed by atoms with Gasteiger partial charge in [0.25, 0.3) is 0 Å². The third kappa shape index (κ3) is 14.9. The van der Waals surface area contributed by atoms with Crippen molar-refractivity contribution >= 4 is 23.5 Å². The summed E-state index contributed by atoms with van der Waals surface area (Å²) in [5.41, 5.74) is 2.26. The quantitative estimate of drug-likeness (QED) is 0.197. The lowest BCUT2D eigenvalue weighted by molar-refractivity contribution is -0.193. The van der Waals surface area contributed by atoms with Crippen LogP contribution in [0.2, 0.25) is 5.02 Å². The molecule has 1 saturated heterocycles. The number of piperidine rings is 1. The van der Waals surface area contributed by atoms with Crippen molar-refractivity contribution in [2.24, 2.45) is 0 Å². The van der Waals surface area contributed by atoms with Crippen molar-refractivity contribution in [1.82, 2.24) is 30.8 Å². The second-order valence-corrected chi connectivity index (χ2v) is 10.2. The SMILES string of the molecule is O=C(O)C(F)(F)F.O=C(O)C(F)(F)F.O[C@@H](CNC1CCN(Cc2ccc(Cl)cc2)CC1)COc1ccccc1Cc1nnn[nH]1. The van der Waals surface area contributed by atoms with E-state index in [9.17, 15) is 31.4 Å². The van der Waals surface area contributed by atoms with Crippen LogP contribution < -0.4 is 10.1 Å². The fraction of sp³-hybridized carbons (Fsp3) is 0.444. The average Bonchev–Trinajstić information content (AvgIpc) is 3.50. The van der Waals surface area contributed by atoms with Crippen LogP contribution >= 0.6 is 11.6 Å². The van der Waals surface area contributed by atoms with Gasteiger partial charge in [0, 0.05) is 36.1 Å². The van der Waals surface area contributed by atoms with Crippen LogP contribution in [0.3, 0.4) is 0 Å². The van der Waals surface area contributed by atoms with Gasteiger partial charge in [-0.05, 0) is 60.1 Å². The third-order valence-corrected chi connectivity index (χ3v) is 6.44. The summed E-state index contributed by atoms with van der Waals surface area (Å²) in [5, 5.41) is 42.8. The minimum atomic E-state index is -5.08. The van der Waals surface area contributed by atoms with E-state index >= 15 is 0 Å². The molecular weight excluding hydrogens is 654 g/mol. The molecule has 0 aliphatic carbocycles. The van der Waals surface area contributed by atoms with Crippen LogP contribution in [0.4, 0.5) is 26.3 Å². The molecule has 12 nitrogen and oxygen atoms in total. The molecule has 0 spiro atoms. The Morgan fingerprint density at radius 1 is 1.00 bits per heavy atom. The number of aromatic amines is 1. The molecule has 46 heavy (non-hydrogen) atoms. The summed E-state index contributed by atoms with van der Waals surface area (Å²) in [6.07, 6.45) is -8.07. The van der Waals surface area contributed by atoms with Gasteiger partial charge in [-0.3, -0.25) is 4.90 Å². The van der Waals surface area contributed by atoms with Gasteiger partial charge in [0.05, 0.1) is 0 Å². The van der Waals surface area contributed by atoms with E-state index in [1.165, 1.54) is 5.56 Å². The van der Waals surface area contributed by atoms with E-state index in [2.05, 4.69) is 43.0 Å². The Bertz CT molecular complexity index is 1320. The summed E-state index contributed by atoms with van der Waals surface area (Å²) in [7, 11) is 0. The maximum atomic E-state index is 10.6. The highest BCUT2D eigenvalue weighted by atomic mass is 35.5. The number of rotatable bonds is 10. The normalized spacial score (nSPS) is 14.7. The first-order chi connectivity index (χ1) is 21.5. The molecule has 0 bridgehead atoms. The molecule has 4 rings (SSSR count). The second kappa shape index (κ2) is 18.2. The number of carboxylic acid groups (broad SMARTS) is 2. The number of likely N-dealkylation sites (tertiary alicyclic amines) is 1. The van der Waals surface area contributed by atoms with Gasteiger partial charge < -0.3 is 25.4 Å². The van der Waals surface area contributed by atoms with E-state index in [0.717, 1.165) is 48.8 Å². The molecule has 0 radical (unpaired) electrons. The summed E-state index contributed by atoms with van der Waals surface area (Å²) >= 11 is 5.97. The van der Waals surface area contributed by atoms with E-state index in [1.54, 1.807) is 0 Å². The second-order valence-electron chi connectivity index (χ2n) is 9.79. The number of aromatic nitrogens is 4. The van der Waals surface area contributed by atoms with Crippen molar-refractivity contribution < 1.29 is 56.0 Å². The van der Waals surface area contributed by atoms with Gasteiger partial charge in [0.2, 0.25) is 0 Å². The van der Waals surface area contributed by atoms with Gasteiger partial charge >= 0.3 is 24.3 Å².